The fraction of sp³-hybridized carbons (Fsp3) is 0.500. The zero-order valence-corrected chi connectivity index (χ0v) is 13.9. The molecule has 0 saturated carbocycles. The van der Waals surface area contributed by atoms with Crippen LogP contribution in [0.5, 0.6) is 0 Å². The molecule has 8 heteroatoms. The predicted octanol–water partition coefficient (Wildman–Crippen LogP) is 2.69. The number of nitrogens with one attached hydrogen (secondary N) is 2. The monoisotopic (exact) mass is 358 g/mol. The molecule has 4 nitrogen and oxygen atoms in total. The summed E-state index contributed by atoms with van der Waals surface area (Å²) in [6, 6.07) is 4.66. The second kappa shape index (κ2) is 7.82. The van der Waals surface area contributed by atoms with Gasteiger partial charge in [0.15, 0.2) is 0 Å². The van der Waals surface area contributed by atoms with Crippen LogP contribution in [-0.2, 0) is 10.0 Å². The minimum absolute atomic E-state index is 0. The minimum Gasteiger partial charge on any atom is -0.316 e. The van der Waals surface area contributed by atoms with Crippen LogP contribution < -0.4 is 10.0 Å². The standard InChI is InChI=1S/C12H16Cl2N2O2S.ClH/c13-10-4-1-5-11(14)12(10)19(17,18)16-8-9-3-2-6-15-7-9;/h1,4-5,9,15-16H,2-3,6-8H2;1H. The van der Waals surface area contributed by atoms with Gasteiger partial charge in [-0.15, -0.1) is 12.4 Å². The lowest BCUT2D eigenvalue weighted by Crippen LogP contribution is -2.38. The Hall–Kier alpha value is -0.0400. The number of benzene rings is 1. The zero-order valence-electron chi connectivity index (χ0n) is 10.7. The van der Waals surface area contributed by atoms with Crippen LogP contribution in [0, 0.1) is 5.92 Å². The highest BCUT2D eigenvalue weighted by Gasteiger charge is 2.23. The molecule has 114 valence electrons. The molecule has 0 aliphatic carbocycles. The predicted molar refractivity (Wildman–Crippen MR) is 84.5 cm³/mol. The molecule has 1 aromatic rings. The van der Waals surface area contributed by atoms with Crippen LogP contribution in [0.1, 0.15) is 12.8 Å². The van der Waals surface area contributed by atoms with Crippen molar-refractivity contribution in [3.63, 3.8) is 0 Å². The van der Waals surface area contributed by atoms with Gasteiger partial charge in [0, 0.05) is 6.54 Å². The number of halogens is 3. The molecule has 2 N–H and O–H groups in total. The van der Waals surface area contributed by atoms with Crippen LogP contribution in [0.15, 0.2) is 23.1 Å². The van der Waals surface area contributed by atoms with Crippen LogP contribution in [0.4, 0.5) is 0 Å². The summed E-state index contributed by atoms with van der Waals surface area (Å²) in [5, 5.41) is 3.53. The second-order valence-electron chi connectivity index (χ2n) is 4.62. The Morgan fingerprint density at radius 3 is 2.50 bits per heavy atom. The molecule has 1 aliphatic rings. The van der Waals surface area contributed by atoms with E-state index < -0.39 is 10.0 Å². The third kappa shape index (κ3) is 4.48. The third-order valence-corrected chi connectivity index (χ3v) is 5.53. The SMILES string of the molecule is Cl.O=S(=O)(NCC1CCCNC1)c1c(Cl)cccc1Cl. The molecule has 2 rings (SSSR count). The van der Waals surface area contributed by atoms with Gasteiger partial charge in [-0.3, -0.25) is 0 Å². The Morgan fingerprint density at radius 1 is 1.30 bits per heavy atom. The van der Waals surface area contributed by atoms with E-state index in [1.165, 1.54) is 12.1 Å². The van der Waals surface area contributed by atoms with E-state index in [0.717, 1.165) is 25.9 Å². The Bertz CT molecular complexity index is 525. The van der Waals surface area contributed by atoms with E-state index in [4.69, 9.17) is 23.2 Å². The molecule has 1 heterocycles. The number of piperidine rings is 1. The van der Waals surface area contributed by atoms with Gasteiger partial charge in [0.2, 0.25) is 10.0 Å². The highest BCUT2D eigenvalue weighted by atomic mass is 35.5. The van der Waals surface area contributed by atoms with Gasteiger partial charge in [-0.05, 0) is 44.0 Å². The Morgan fingerprint density at radius 2 is 1.95 bits per heavy atom. The lowest BCUT2D eigenvalue weighted by molar-refractivity contribution is 0.376. The third-order valence-electron chi connectivity index (χ3n) is 3.15. The van der Waals surface area contributed by atoms with Gasteiger partial charge in [0.25, 0.3) is 0 Å². The molecule has 0 amide bonds. The summed E-state index contributed by atoms with van der Waals surface area (Å²) in [7, 11) is -3.66. The molecule has 0 bridgehead atoms. The first kappa shape index (κ1) is 18.0. The van der Waals surface area contributed by atoms with Crippen LogP contribution in [0.3, 0.4) is 0 Å². The van der Waals surface area contributed by atoms with Crippen LogP contribution in [0.25, 0.3) is 0 Å². The van der Waals surface area contributed by atoms with E-state index in [0.29, 0.717) is 12.5 Å². The van der Waals surface area contributed by atoms with Crippen molar-refractivity contribution >= 4 is 45.6 Å². The Labute approximate surface area is 135 Å². The fourth-order valence-electron chi connectivity index (χ4n) is 2.14. The molecule has 0 radical (unpaired) electrons. The zero-order chi connectivity index (χ0) is 13.9. The number of rotatable bonds is 4. The summed E-state index contributed by atoms with van der Waals surface area (Å²) in [6.45, 7) is 2.23. The molecule has 1 unspecified atom stereocenters. The van der Waals surface area contributed by atoms with Crippen molar-refractivity contribution in [1.29, 1.82) is 0 Å². The quantitative estimate of drug-likeness (QED) is 0.869. The first-order chi connectivity index (χ1) is 9.00. The normalized spacial score (nSPS) is 19.4. The van der Waals surface area contributed by atoms with Crippen LogP contribution >= 0.6 is 35.6 Å². The summed E-state index contributed by atoms with van der Waals surface area (Å²) in [5.74, 6) is 0.310. The van der Waals surface area contributed by atoms with E-state index >= 15 is 0 Å². The molecule has 1 aromatic carbocycles. The van der Waals surface area contributed by atoms with Gasteiger partial charge in [-0.1, -0.05) is 29.3 Å². The highest BCUT2D eigenvalue weighted by Crippen LogP contribution is 2.28. The molecule has 1 atom stereocenters. The average Bonchev–Trinajstić information content (AvgIpc) is 2.37. The van der Waals surface area contributed by atoms with Crippen molar-refractivity contribution in [2.75, 3.05) is 19.6 Å². The highest BCUT2D eigenvalue weighted by molar-refractivity contribution is 7.89. The molecular weight excluding hydrogens is 343 g/mol. The van der Waals surface area contributed by atoms with Gasteiger partial charge in [0.1, 0.15) is 4.90 Å². The summed E-state index contributed by atoms with van der Waals surface area (Å²) < 4.78 is 27.0. The van der Waals surface area contributed by atoms with E-state index in [1.54, 1.807) is 6.07 Å². The number of hydrogen-bond donors (Lipinski definition) is 2. The lowest BCUT2D eigenvalue weighted by Gasteiger charge is -2.23. The maximum absolute atomic E-state index is 12.2. The largest absolute Gasteiger partial charge is 0.316 e. The maximum atomic E-state index is 12.2. The first-order valence-corrected chi connectivity index (χ1v) is 8.39. The maximum Gasteiger partial charge on any atom is 0.243 e. The Balaban J connectivity index is 0.00000200. The van der Waals surface area contributed by atoms with Crippen molar-refractivity contribution < 1.29 is 8.42 Å². The molecule has 20 heavy (non-hydrogen) atoms. The summed E-state index contributed by atoms with van der Waals surface area (Å²) in [5.41, 5.74) is 0. The molecule has 0 spiro atoms. The van der Waals surface area contributed by atoms with Crippen molar-refractivity contribution in [3.8, 4) is 0 Å². The van der Waals surface area contributed by atoms with Gasteiger partial charge in [-0.25, -0.2) is 13.1 Å². The van der Waals surface area contributed by atoms with E-state index in [9.17, 15) is 8.42 Å². The van der Waals surface area contributed by atoms with E-state index in [1.807, 2.05) is 0 Å². The minimum atomic E-state index is -3.66. The van der Waals surface area contributed by atoms with Gasteiger partial charge in [-0.2, -0.15) is 0 Å². The summed E-state index contributed by atoms with van der Waals surface area (Å²) in [6.07, 6.45) is 2.09. The van der Waals surface area contributed by atoms with Crippen molar-refractivity contribution in [2.45, 2.75) is 17.7 Å². The summed E-state index contributed by atoms with van der Waals surface area (Å²) >= 11 is 11.8. The van der Waals surface area contributed by atoms with E-state index in [2.05, 4.69) is 10.0 Å². The lowest BCUT2D eigenvalue weighted by atomic mass is 10.0. The van der Waals surface area contributed by atoms with Crippen molar-refractivity contribution in [2.24, 2.45) is 5.92 Å². The number of sulfonamides is 1. The Kier molecular flexibility index (Phi) is 7.04. The number of hydrogen-bond acceptors (Lipinski definition) is 3. The molecule has 1 saturated heterocycles. The first-order valence-electron chi connectivity index (χ1n) is 6.15. The molecular formula is C12H17Cl3N2O2S. The second-order valence-corrected chi connectivity index (χ2v) is 7.13. The van der Waals surface area contributed by atoms with Crippen LogP contribution in [0.2, 0.25) is 10.0 Å². The topological polar surface area (TPSA) is 58.2 Å². The van der Waals surface area contributed by atoms with E-state index in [-0.39, 0.29) is 27.3 Å². The smallest absolute Gasteiger partial charge is 0.243 e. The van der Waals surface area contributed by atoms with Crippen molar-refractivity contribution in [1.82, 2.24) is 10.0 Å². The van der Waals surface area contributed by atoms with Gasteiger partial charge >= 0.3 is 0 Å². The van der Waals surface area contributed by atoms with Gasteiger partial charge in [0.05, 0.1) is 10.0 Å². The van der Waals surface area contributed by atoms with Crippen LogP contribution in [-0.4, -0.2) is 28.1 Å². The molecule has 1 fully saturated rings. The average molecular weight is 360 g/mol. The summed E-state index contributed by atoms with van der Waals surface area (Å²) in [4.78, 5) is -0.0397. The molecule has 1 aliphatic heterocycles. The fourth-order valence-corrected chi connectivity index (χ4v) is 4.39. The van der Waals surface area contributed by atoms with Crippen molar-refractivity contribution in [3.05, 3.63) is 28.2 Å². The van der Waals surface area contributed by atoms with Gasteiger partial charge < -0.3 is 5.32 Å². The molecule has 0 aromatic heterocycles.